The van der Waals surface area contributed by atoms with E-state index in [1.807, 2.05) is 0 Å². The van der Waals surface area contributed by atoms with Crippen LogP contribution in [0, 0.1) is 0 Å². The van der Waals surface area contributed by atoms with Crippen molar-refractivity contribution in [2.24, 2.45) is 0 Å². The molecule has 0 aromatic heterocycles. The van der Waals surface area contributed by atoms with Gasteiger partial charge in [-0.15, -0.1) is 0 Å². The minimum atomic E-state index is 0.209. The van der Waals surface area contributed by atoms with Crippen LogP contribution in [-0.2, 0) is 0 Å². The van der Waals surface area contributed by atoms with Crippen LogP contribution in [0.2, 0.25) is 4.59 Å². The maximum atomic E-state index is 3.63. The summed E-state index contributed by atoms with van der Waals surface area (Å²) in [6.07, 6.45) is 7.79. The van der Waals surface area contributed by atoms with Crippen molar-refractivity contribution in [3.8, 4) is 0 Å². The zero-order valence-corrected chi connectivity index (χ0v) is 10.1. The molecule has 1 aliphatic carbocycles. The SMILES string of the molecule is [Li][CH](NC(C)(C)C)[CH]([Li])C1=CC=CC1. The molecular weight excluding hydrogens is 160 g/mol. The van der Waals surface area contributed by atoms with Crippen LogP contribution in [0.1, 0.15) is 27.2 Å². The molecule has 3 heteroatoms. The Balaban J connectivity index is 2.48. The summed E-state index contributed by atoms with van der Waals surface area (Å²) in [6.45, 7) is 6.66. The van der Waals surface area contributed by atoms with Crippen LogP contribution in [0.3, 0.4) is 0 Å². The molecule has 14 heavy (non-hydrogen) atoms. The van der Waals surface area contributed by atoms with E-state index in [1.165, 1.54) is 0 Å². The van der Waals surface area contributed by atoms with E-state index in [1.54, 1.807) is 5.57 Å². The molecule has 0 aromatic rings. The van der Waals surface area contributed by atoms with Gasteiger partial charge >= 0.3 is 107 Å². The van der Waals surface area contributed by atoms with Crippen molar-refractivity contribution in [2.75, 3.05) is 0 Å². The Morgan fingerprint density at radius 1 is 1.36 bits per heavy atom. The van der Waals surface area contributed by atoms with Crippen molar-refractivity contribution < 1.29 is 0 Å². The first-order valence-electron chi connectivity index (χ1n) is 5.53. The van der Waals surface area contributed by atoms with Gasteiger partial charge in [0.05, 0.1) is 0 Å². The van der Waals surface area contributed by atoms with Crippen LogP contribution in [0.25, 0.3) is 0 Å². The molecule has 1 aliphatic rings. The predicted octanol–water partition coefficient (Wildman–Crippen LogP) is 1.71. The van der Waals surface area contributed by atoms with Crippen molar-refractivity contribution in [1.29, 1.82) is 0 Å². The van der Waals surface area contributed by atoms with Gasteiger partial charge in [0.1, 0.15) is 0 Å². The Bertz CT molecular complexity index is 251. The standard InChI is InChI=1S/C11H17N.2Li/c1-11(2,3)12-9-8-10-6-4-5-7-10;;/h4-6,8-9,12H,7H2,1-3H3;;. The Hall–Kier alpha value is 0.635. The number of hydrogen-bond donors (Lipinski definition) is 1. The number of hydrogen-bond acceptors (Lipinski definition) is 1. The molecule has 0 aliphatic heterocycles. The average Bonchev–Trinajstić information content (AvgIpc) is 2.51. The Labute approximate surface area is 106 Å². The summed E-state index contributed by atoms with van der Waals surface area (Å²) in [5.74, 6) is 0. The summed E-state index contributed by atoms with van der Waals surface area (Å²) in [5, 5.41) is 3.63. The predicted molar refractivity (Wildman–Crippen MR) is 63.8 cm³/mol. The monoisotopic (exact) mass is 177 g/mol. The second-order valence-corrected chi connectivity index (χ2v) is 5.35. The number of allylic oxidation sites excluding steroid dienone is 3. The van der Waals surface area contributed by atoms with Crippen molar-refractivity contribution in [1.82, 2.24) is 5.32 Å². The summed E-state index contributed by atoms with van der Waals surface area (Å²) in [6, 6.07) is 0. The van der Waals surface area contributed by atoms with Gasteiger partial charge in [0.2, 0.25) is 0 Å². The summed E-state index contributed by atoms with van der Waals surface area (Å²) in [7, 11) is 0. The van der Waals surface area contributed by atoms with Gasteiger partial charge in [-0.25, -0.2) is 0 Å². The van der Waals surface area contributed by atoms with Crippen molar-refractivity contribution in [3.63, 3.8) is 0 Å². The molecule has 0 bridgehead atoms. The van der Waals surface area contributed by atoms with Gasteiger partial charge in [-0.2, -0.15) is 0 Å². The molecule has 2 unspecified atom stereocenters. The molecular formula is C11H17Li2N. The summed E-state index contributed by atoms with van der Waals surface area (Å²) >= 11 is 4.58. The first-order valence-corrected chi connectivity index (χ1v) is 5.53. The fraction of sp³-hybridized carbons (Fsp3) is 0.636. The van der Waals surface area contributed by atoms with Gasteiger partial charge in [-0.1, -0.05) is 0 Å². The van der Waals surface area contributed by atoms with Gasteiger partial charge in [0.15, 0.2) is 0 Å². The number of rotatable bonds is 3. The molecule has 1 N–H and O–H groups in total. The molecule has 0 saturated carbocycles. The maximum absolute atomic E-state index is 3.63. The van der Waals surface area contributed by atoms with E-state index in [0.717, 1.165) is 6.42 Å². The van der Waals surface area contributed by atoms with Crippen molar-refractivity contribution >= 4 is 35.4 Å². The van der Waals surface area contributed by atoms with Crippen LogP contribution in [0.4, 0.5) is 0 Å². The first-order chi connectivity index (χ1) is 6.40. The molecule has 0 aromatic carbocycles. The van der Waals surface area contributed by atoms with E-state index in [-0.39, 0.29) is 5.54 Å². The summed E-state index contributed by atoms with van der Waals surface area (Å²) in [5.41, 5.74) is 1.76. The molecule has 0 fully saturated rings. The van der Waals surface area contributed by atoms with Crippen LogP contribution in [0.5, 0.6) is 0 Å². The van der Waals surface area contributed by atoms with E-state index in [0.29, 0.717) is 9.31 Å². The van der Waals surface area contributed by atoms with Crippen molar-refractivity contribution in [2.45, 2.75) is 42.0 Å². The van der Waals surface area contributed by atoms with Crippen LogP contribution in [0.15, 0.2) is 23.8 Å². The molecule has 0 spiro atoms. The molecule has 2 atom stereocenters. The van der Waals surface area contributed by atoms with Crippen molar-refractivity contribution in [3.05, 3.63) is 23.8 Å². The normalized spacial score (nSPS) is 20.9. The minimum absolute atomic E-state index is 0.209. The quantitative estimate of drug-likeness (QED) is 0.647. The second kappa shape index (κ2) is 5.11. The fourth-order valence-corrected chi connectivity index (χ4v) is 1.93. The first kappa shape index (κ1) is 12.7. The third-order valence-corrected chi connectivity index (χ3v) is 2.80. The zero-order valence-electron chi connectivity index (χ0n) is 10.1. The summed E-state index contributed by atoms with van der Waals surface area (Å²) < 4.78 is 1.17. The van der Waals surface area contributed by atoms with E-state index in [4.69, 9.17) is 0 Å². The topological polar surface area (TPSA) is 12.0 Å². The zero-order chi connectivity index (χ0) is 10.8. The molecule has 1 nitrogen and oxygen atoms in total. The van der Waals surface area contributed by atoms with E-state index in [9.17, 15) is 0 Å². The Kier molecular flexibility index (Phi) is 4.64. The van der Waals surface area contributed by atoms with Crippen LogP contribution < -0.4 is 5.32 Å². The molecule has 0 saturated heterocycles. The van der Waals surface area contributed by atoms with E-state index >= 15 is 0 Å². The Morgan fingerprint density at radius 2 is 2.00 bits per heavy atom. The molecule has 68 valence electrons. The van der Waals surface area contributed by atoms with Gasteiger partial charge in [0.25, 0.3) is 0 Å². The average molecular weight is 177 g/mol. The van der Waals surface area contributed by atoms with Gasteiger partial charge < -0.3 is 0 Å². The van der Waals surface area contributed by atoms with Gasteiger partial charge in [0, 0.05) is 0 Å². The molecule has 0 radical (unpaired) electrons. The fourth-order valence-electron chi connectivity index (χ4n) is 1.93. The third kappa shape index (κ3) is 4.02. The Morgan fingerprint density at radius 3 is 2.43 bits per heavy atom. The van der Waals surface area contributed by atoms with E-state index < -0.39 is 0 Å². The molecule has 0 amide bonds. The molecule has 0 heterocycles. The second-order valence-electron chi connectivity index (χ2n) is 5.35. The third-order valence-electron chi connectivity index (χ3n) is 2.80. The molecule has 1 rings (SSSR count). The summed E-state index contributed by atoms with van der Waals surface area (Å²) in [4.78, 5) is 0. The van der Waals surface area contributed by atoms with Gasteiger partial charge in [-0.3, -0.25) is 0 Å². The van der Waals surface area contributed by atoms with Crippen LogP contribution in [-0.4, -0.2) is 45.7 Å². The van der Waals surface area contributed by atoms with E-state index in [2.05, 4.69) is 79.7 Å². The van der Waals surface area contributed by atoms with Crippen LogP contribution >= 0.6 is 0 Å². The number of nitrogens with one attached hydrogen (secondary N) is 1. The van der Waals surface area contributed by atoms with Gasteiger partial charge in [-0.05, 0) is 0 Å².